The van der Waals surface area contributed by atoms with Crippen molar-refractivity contribution in [2.75, 3.05) is 57.4 Å². The van der Waals surface area contributed by atoms with Crippen LogP contribution in [0.2, 0.25) is 0 Å². The van der Waals surface area contributed by atoms with Crippen LogP contribution in [0.5, 0.6) is 11.6 Å². The summed E-state index contributed by atoms with van der Waals surface area (Å²) in [7, 11) is 0. The molecule has 2 aromatic heterocycles. The van der Waals surface area contributed by atoms with Crippen LogP contribution in [-0.2, 0) is 4.74 Å². The zero-order valence-corrected chi connectivity index (χ0v) is 24.0. The van der Waals surface area contributed by atoms with Gasteiger partial charge in [-0.2, -0.15) is 4.98 Å². The first-order chi connectivity index (χ1) is 20.9. The van der Waals surface area contributed by atoms with E-state index in [2.05, 4.69) is 26.0 Å². The fourth-order valence-corrected chi connectivity index (χ4v) is 6.76. The molecular weight excluding hydrogens is 552 g/mol. The van der Waals surface area contributed by atoms with Crippen molar-refractivity contribution in [1.82, 2.24) is 20.2 Å². The van der Waals surface area contributed by atoms with Gasteiger partial charge in [-0.05, 0) is 43.4 Å². The lowest BCUT2D eigenvalue weighted by Crippen LogP contribution is -2.51. The fraction of sp³-hybridized carbons (Fsp3) is 0.394. The smallest absolute Gasteiger partial charge is 0.219 e. The van der Waals surface area contributed by atoms with Gasteiger partial charge in [0.05, 0.1) is 18.8 Å². The number of terminal acetylenes is 1. The van der Waals surface area contributed by atoms with E-state index in [-0.39, 0.29) is 22.6 Å². The summed E-state index contributed by atoms with van der Waals surface area (Å²) in [5, 5.41) is 15.9. The molecule has 10 heteroatoms. The lowest BCUT2D eigenvalue weighted by atomic mass is 9.95. The van der Waals surface area contributed by atoms with E-state index in [4.69, 9.17) is 20.9 Å². The quantitative estimate of drug-likeness (QED) is 0.323. The van der Waals surface area contributed by atoms with Gasteiger partial charge in [0.15, 0.2) is 5.82 Å². The number of phenolic OH excluding ortho intramolecular Hbond substituents is 1. The Morgan fingerprint density at radius 2 is 1.91 bits per heavy atom. The van der Waals surface area contributed by atoms with Crippen molar-refractivity contribution in [1.29, 1.82) is 0 Å². The Balaban J connectivity index is 1.38. The Morgan fingerprint density at radius 3 is 2.65 bits per heavy atom. The van der Waals surface area contributed by atoms with Crippen LogP contribution in [0.25, 0.3) is 32.8 Å². The van der Waals surface area contributed by atoms with E-state index in [0.29, 0.717) is 77.3 Å². The van der Waals surface area contributed by atoms with Crippen LogP contribution in [0.1, 0.15) is 24.0 Å². The number of hydrogen-bond donors (Lipinski definition) is 2. The van der Waals surface area contributed by atoms with Gasteiger partial charge in [-0.15, -0.1) is 6.42 Å². The van der Waals surface area contributed by atoms with Gasteiger partial charge < -0.3 is 24.8 Å². The Labute approximate surface area is 248 Å². The highest BCUT2D eigenvalue weighted by Crippen LogP contribution is 2.41. The lowest BCUT2D eigenvalue weighted by molar-refractivity contribution is 0.0320. The molecule has 43 heavy (non-hydrogen) atoms. The number of piperazine rings is 1. The topological polar surface area (TPSA) is 83.0 Å². The maximum atomic E-state index is 16.9. The first-order valence-electron chi connectivity index (χ1n) is 14.8. The highest BCUT2D eigenvalue weighted by molar-refractivity contribution is 6.04. The van der Waals surface area contributed by atoms with Crippen molar-refractivity contribution < 1.29 is 23.4 Å². The zero-order valence-electron chi connectivity index (χ0n) is 24.0. The van der Waals surface area contributed by atoms with Crippen LogP contribution in [0.3, 0.4) is 0 Å². The van der Waals surface area contributed by atoms with Crippen LogP contribution in [-0.4, -0.2) is 84.6 Å². The molecule has 0 radical (unpaired) electrons. The zero-order chi connectivity index (χ0) is 29.7. The van der Waals surface area contributed by atoms with Crippen LogP contribution < -0.4 is 15.0 Å². The summed E-state index contributed by atoms with van der Waals surface area (Å²) in [6.45, 7) is 7.46. The molecule has 0 saturated carbocycles. The molecule has 222 valence electrons. The average molecular weight is 586 g/mol. The summed E-state index contributed by atoms with van der Waals surface area (Å²) in [5.41, 5.74) is 0.724. The minimum absolute atomic E-state index is 0.00985. The molecule has 3 saturated heterocycles. The highest BCUT2D eigenvalue weighted by atomic mass is 19.1. The number of aryl methyl sites for hydroxylation is 1. The van der Waals surface area contributed by atoms with Gasteiger partial charge in [-0.25, -0.2) is 8.78 Å². The van der Waals surface area contributed by atoms with Crippen molar-refractivity contribution in [2.45, 2.75) is 31.8 Å². The third-order valence-electron chi connectivity index (χ3n) is 8.88. The number of morpholine rings is 1. The van der Waals surface area contributed by atoms with Gasteiger partial charge in [-0.3, -0.25) is 9.88 Å². The summed E-state index contributed by atoms with van der Waals surface area (Å²) in [5.74, 6) is 2.10. The van der Waals surface area contributed by atoms with Crippen LogP contribution in [0, 0.1) is 30.9 Å². The summed E-state index contributed by atoms with van der Waals surface area (Å²) in [6, 6.07) is 6.30. The van der Waals surface area contributed by atoms with E-state index in [1.165, 1.54) is 24.3 Å². The Hall–Kier alpha value is -4.04. The number of nitrogens with one attached hydrogen (secondary N) is 1. The number of ether oxygens (including phenoxy) is 2. The molecule has 4 aromatic rings. The predicted octanol–water partition coefficient (Wildman–Crippen LogP) is 4.38. The molecule has 3 fully saturated rings. The lowest BCUT2D eigenvalue weighted by Gasteiger charge is -2.34. The van der Waals surface area contributed by atoms with E-state index < -0.39 is 11.6 Å². The molecule has 3 aliphatic heterocycles. The molecule has 0 amide bonds. The van der Waals surface area contributed by atoms with E-state index in [9.17, 15) is 9.50 Å². The molecule has 8 nitrogen and oxygen atoms in total. The number of rotatable bonds is 6. The summed E-state index contributed by atoms with van der Waals surface area (Å²) in [6.07, 6.45) is 9.49. The molecule has 2 aromatic carbocycles. The van der Waals surface area contributed by atoms with Crippen LogP contribution in [0.4, 0.5) is 14.6 Å². The molecule has 0 aliphatic carbocycles. The number of benzene rings is 2. The SMILES string of the molecule is C#Cc1c(F)ccc2cc(O)cc(-c3ncc4c(N5CC6CCC(C5)N6)nc(OCCN5CCOCC5)c(C)c4c3F)c12. The summed E-state index contributed by atoms with van der Waals surface area (Å²) < 4.78 is 43.4. The number of nitrogens with zero attached hydrogens (tertiary/aromatic N) is 4. The minimum Gasteiger partial charge on any atom is -0.508 e. The van der Waals surface area contributed by atoms with Crippen molar-refractivity contribution >= 4 is 27.4 Å². The number of pyridine rings is 2. The first kappa shape index (κ1) is 27.8. The van der Waals surface area contributed by atoms with E-state index in [0.717, 1.165) is 39.0 Å². The third kappa shape index (κ3) is 5.01. The summed E-state index contributed by atoms with van der Waals surface area (Å²) in [4.78, 5) is 14.0. The molecule has 2 atom stereocenters. The van der Waals surface area contributed by atoms with Gasteiger partial charge in [0.1, 0.15) is 29.7 Å². The van der Waals surface area contributed by atoms with E-state index in [1.807, 2.05) is 0 Å². The van der Waals surface area contributed by atoms with E-state index in [1.54, 1.807) is 13.1 Å². The maximum Gasteiger partial charge on any atom is 0.219 e. The largest absolute Gasteiger partial charge is 0.508 e. The Morgan fingerprint density at radius 1 is 1.14 bits per heavy atom. The monoisotopic (exact) mass is 585 g/mol. The Bertz CT molecular complexity index is 1760. The van der Waals surface area contributed by atoms with Crippen molar-refractivity contribution in [2.24, 2.45) is 0 Å². The highest BCUT2D eigenvalue weighted by Gasteiger charge is 2.34. The van der Waals surface area contributed by atoms with Gasteiger partial charge in [-0.1, -0.05) is 12.0 Å². The number of hydrogen-bond acceptors (Lipinski definition) is 8. The van der Waals surface area contributed by atoms with Crippen molar-refractivity contribution in [3.8, 4) is 35.2 Å². The van der Waals surface area contributed by atoms with Crippen molar-refractivity contribution in [3.63, 3.8) is 0 Å². The average Bonchev–Trinajstić information content (AvgIpc) is 3.35. The standard InChI is InChI=1S/C33H33F2N5O3/c1-3-24-27(34)7-4-20-14-23(41)15-25(29(20)24)31-30(35)28-19(2)33(43-13-10-39-8-11-42-12-9-39)38-32(26(28)16-36-31)40-17-21-5-6-22(18-40)37-21/h1,4,7,14-16,21-22,37,41H,5-6,8-13,17-18H2,2H3. The molecule has 3 aliphatic rings. The molecule has 2 N–H and O–H groups in total. The van der Waals surface area contributed by atoms with Crippen LogP contribution >= 0.6 is 0 Å². The number of aromatic hydroxyl groups is 1. The second kappa shape index (κ2) is 11.2. The normalized spacial score (nSPS) is 20.6. The Kier molecular flexibility index (Phi) is 7.25. The molecule has 5 heterocycles. The fourth-order valence-electron chi connectivity index (χ4n) is 6.76. The summed E-state index contributed by atoms with van der Waals surface area (Å²) >= 11 is 0. The molecule has 2 unspecified atom stereocenters. The van der Waals surface area contributed by atoms with Crippen LogP contribution in [0.15, 0.2) is 30.5 Å². The molecule has 7 rings (SSSR count). The van der Waals surface area contributed by atoms with Gasteiger partial charge in [0.2, 0.25) is 5.88 Å². The predicted molar refractivity (Wildman–Crippen MR) is 162 cm³/mol. The van der Waals surface area contributed by atoms with Gasteiger partial charge >= 0.3 is 0 Å². The van der Waals surface area contributed by atoms with Crippen molar-refractivity contribution in [3.05, 3.63) is 53.2 Å². The number of fused-ring (bicyclic) bond motifs is 4. The number of aromatic nitrogens is 2. The number of halogens is 2. The third-order valence-corrected chi connectivity index (χ3v) is 8.88. The molecule has 0 spiro atoms. The van der Waals surface area contributed by atoms with Gasteiger partial charge in [0.25, 0.3) is 0 Å². The number of phenols is 1. The second-order valence-corrected chi connectivity index (χ2v) is 11.6. The van der Waals surface area contributed by atoms with E-state index >= 15 is 4.39 Å². The first-order valence-corrected chi connectivity index (χ1v) is 14.8. The van der Waals surface area contributed by atoms with Gasteiger partial charge in [0, 0.05) is 78.3 Å². The number of anilines is 1. The second-order valence-electron chi connectivity index (χ2n) is 11.6. The molecule has 2 bridgehead atoms. The molecular formula is C33H33F2N5O3. The minimum atomic E-state index is -0.603. The maximum absolute atomic E-state index is 16.9.